The number of phenolic OH excluding ortho intramolecular Hbond substituents is 1. The van der Waals surface area contributed by atoms with Crippen LogP contribution in [0.1, 0.15) is 44.0 Å². The molecule has 3 amide bonds. The fourth-order valence-electron chi connectivity index (χ4n) is 3.82. The average molecular weight is 373 g/mol. The Balaban J connectivity index is 1.88. The van der Waals surface area contributed by atoms with Crippen molar-refractivity contribution in [1.29, 1.82) is 0 Å². The number of fused-ring (bicyclic) bond motifs is 1. The first-order valence-corrected chi connectivity index (χ1v) is 9.53. The Bertz CT molecular complexity index is 733. The Morgan fingerprint density at radius 3 is 2.56 bits per heavy atom. The van der Waals surface area contributed by atoms with Gasteiger partial charge in [0.2, 0.25) is 11.8 Å². The van der Waals surface area contributed by atoms with Crippen LogP contribution in [0.3, 0.4) is 0 Å². The van der Waals surface area contributed by atoms with Gasteiger partial charge in [-0.3, -0.25) is 14.4 Å². The van der Waals surface area contributed by atoms with E-state index in [0.29, 0.717) is 31.1 Å². The number of nitrogens with zero attached hydrogens (tertiary/aromatic N) is 3. The van der Waals surface area contributed by atoms with Crippen molar-refractivity contribution in [3.05, 3.63) is 29.8 Å². The molecule has 0 bridgehead atoms. The molecule has 2 fully saturated rings. The minimum absolute atomic E-state index is 0.0566. The number of hydrogen-bond acceptors (Lipinski definition) is 4. The van der Waals surface area contributed by atoms with Gasteiger partial charge in [0.25, 0.3) is 5.91 Å². The van der Waals surface area contributed by atoms with Crippen molar-refractivity contribution in [3.8, 4) is 5.75 Å². The predicted molar refractivity (Wildman–Crippen MR) is 99.9 cm³/mol. The Labute approximate surface area is 159 Å². The molecule has 1 N–H and O–H groups in total. The number of phenols is 1. The molecule has 3 rings (SSSR count). The van der Waals surface area contributed by atoms with Crippen LogP contribution in [0.25, 0.3) is 0 Å². The zero-order valence-corrected chi connectivity index (χ0v) is 16.1. The van der Waals surface area contributed by atoms with E-state index in [-0.39, 0.29) is 29.9 Å². The Morgan fingerprint density at radius 1 is 1.26 bits per heavy atom. The highest BCUT2D eigenvalue weighted by Crippen LogP contribution is 2.27. The largest absolute Gasteiger partial charge is 0.508 e. The van der Waals surface area contributed by atoms with Crippen LogP contribution in [0.2, 0.25) is 0 Å². The summed E-state index contributed by atoms with van der Waals surface area (Å²) < 4.78 is 0. The van der Waals surface area contributed by atoms with E-state index in [1.165, 1.54) is 12.1 Å². The van der Waals surface area contributed by atoms with Crippen molar-refractivity contribution in [2.75, 3.05) is 19.6 Å². The maximum Gasteiger partial charge on any atom is 0.255 e. The fraction of sp³-hybridized carbons (Fsp3) is 0.550. The summed E-state index contributed by atoms with van der Waals surface area (Å²) in [6.45, 7) is 7.21. The molecule has 0 spiro atoms. The summed E-state index contributed by atoms with van der Waals surface area (Å²) in [6.07, 6.45) is 0.717. The van der Waals surface area contributed by atoms with Crippen molar-refractivity contribution in [3.63, 3.8) is 0 Å². The van der Waals surface area contributed by atoms with E-state index < -0.39 is 12.2 Å². The minimum atomic E-state index is -0.573. The molecule has 2 heterocycles. The first-order chi connectivity index (χ1) is 12.8. The van der Waals surface area contributed by atoms with E-state index in [9.17, 15) is 19.5 Å². The van der Waals surface area contributed by atoms with E-state index in [2.05, 4.69) is 13.8 Å². The standard InChI is InChI=1S/C20H27N3O4/c1-4-13(2)11-21-12-17-22(20(27)15-5-7-16(24)8-6-15)10-9-18(25)23(17)14(3)19(21)26/h5-8,13-14,17,24H,4,9-12H2,1-3H3/t13?,14-,17?/m1/s1. The quantitative estimate of drug-likeness (QED) is 0.871. The monoisotopic (exact) mass is 373 g/mol. The number of carbonyl (C=O) groups is 3. The molecule has 0 aromatic heterocycles. The van der Waals surface area contributed by atoms with Gasteiger partial charge in [-0.2, -0.15) is 0 Å². The second-order valence-corrected chi connectivity index (χ2v) is 7.51. The Kier molecular flexibility index (Phi) is 5.39. The smallest absolute Gasteiger partial charge is 0.255 e. The zero-order chi connectivity index (χ0) is 19.7. The van der Waals surface area contributed by atoms with Gasteiger partial charge in [-0.15, -0.1) is 0 Å². The van der Waals surface area contributed by atoms with Gasteiger partial charge in [0.05, 0.1) is 6.54 Å². The van der Waals surface area contributed by atoms with Crippen LogP contribution in [0.4, 0.5) is 0 Å². The van der Waals surface area contributed by atoms with Crippen LogP contribution < -0.4 is 0 Å². The third-order valence-corrected chi connectivity index (χ3v) is 5.61. The average Bonchev–Trinajstić information content (AvgIpc) is 2.65. The molecule has 2 aliphatic rings. The lowest BCUT2D eigenvalue weighted by molar-refractivity contribution is -0.166. The highest BCUT2D eigenvalue weighted by Gasteiger charge is 2.47. The molecule has 2 aliphatic heterocycles. The van der Waals surface area contributed by atoms with Gasteiger partial charge in [-0.25, -0.2) is 0 Å². The first kappa shape index (κ1) is 19.2. The van der Waals surface area contributed by atoms with Crippen LogP contribution in [0.5, 0.6) is 5.75 Å². The number of rotatable bonds is 4. The van der Waals surface area contributed by atoms with Gasteiger partial charge in [-0.1, -0.05) is 20.3 Å². The maximum atomic E-state index is 13.0. The van der Waals surface area contributed by atoms with Crippen molar-refractivity contribution in [1.82, 2.24) is 14.7 Å². The maximum absolute atomic E-state index is 13.0. The third-order valence-electron chi connectivity index (χ3n) is 5.61. The molecule has 0 aliphatic carbocycles. The van der Waals surface area contributed by atoms with E-state index in [0.717, 1.165) is 6.42 Å². The van der Waals surface area contributed by atoms with Gasteiger partial charge in [0, 0.05) is 25.1 Å². The van der Waals surface area contributed by atoms with E-state index in [4.69, 9.17) is 0 Å². The van der Waals surface area contributed by atoms with E-state index >= 15 is 0 Å². The number of aromatic hydroxyl groups is 1. The second-order valence-electron chi connectivity index (χ2n) is 7.51. The summed E-state index contributed by atoms with van der Waals surface area (Å²) in [5.74, 6) is 0.118. The summed E-state index contributed by atoms with van der Waals surface area (Å²) in [5.41, 5.74) is 0.458. The molecule has 0 saturated carbocycles. The van der Waals surface area contributed by atoms with Gasteiger partial charge in [-0.05, 0) is 37.1 Å². The van der Waals surface area contributed by atoms with Crippen LogP contribution in [0.15, 0.2) is 24.3 Å². The molecule has 2 saturated heterocycles. The lowest BCUT2D eigenvalue weighted by Gasteiger charge is -2.51. The molecule has 7 nitrogen and oxygen atoms in total. The number of piperazine rings is 1. The number of benzene rings is 1. The summed E-state index contributed by atoms with van der Waals surface area (Å²) in [4.78, 5) is 43.3. The summed E-state index contributed by atoms with van der Waals surface area (Å²) in [5, 5.41) is 9.45. The van der Waals surface area contributed by atoms with Crippen LogP contribution in [0, 0.1) is 5.92 Å². The van der Waals surface area contributed by atoms with Crippen LogP contribution in [-0.2, 0) is 9.59 Å². The Morgan fingerprint density at radius 2 is 1.93 bits per heavy atom. The molecule has 0 radical (unpaired) electrons. The SMILES string of the molecule is CCC(C)CN1CC2N(C(=O)c3ccc(O)cc3)CCC(=O)N2[C@H](C)C1=O. The number of carbonyl (C=O) groups excluding carboxylic acids is 3. The topological polar surface area (TPSA) is 81.2 Å². The lowest BCUT2D eigenvalue weighted by Crippen LogP contribution is -2.70. The molecular weight excluding hydrogens is 346 g/mol. The van der Waals surface area contributed by atoms with Gasteiger partial charge >= 0.3 is 0 Å². The van der Waals surface area contributed by atoms with E-state index in [1.54, 1.807) is 33.8 Å². The molecule has 3 atom stereocenters. The lowest BCUT2D eigenvalue weighted by atomic mass is 10.0. The van der Waals surface area contributed by atoms with Gasteiger partial charge in [0.1, 0.15) is 18.0 Å². The molecule has 2 unspecified atom stereocenters. The Hall–Kier alpha value is -2.57. The highest BCUT2D eigenvalue weighted by atomic mass is 16.3. The third kappa shape index (κ3) is 3.63. The minimum Gasteiger partial charge on any atom is -0.508 e. The van der Waals surface area contributed by atoms with Crippen LogP contribution >= 0.6 is 0 Å². The zero-order valence-electron chi connectivity index (χ0n) is 16.1. The molecular formula is C20H27N3O4. The predicted octanol–water partition coefficient (Wildman–Crippen LogP) is 1.67. The van der Waals surface area contributed by atoms with Crippen molar-refractivity contribution >= 4 is 17.7 Å². The van der Waals surface area contributed by atoms with Crippen molar-refractivity contribution in [2.45, 2.75) is 45.8 Å². The normalized spacial score (nSPS) is 24.0. The summed E-state index contributed by atoms with van der Waals surface area (Å²) in [6, 6.07) is 5.53. The summed E-state index contributed by atoms with van der Waals surface area (Å²) in [7, 11) is 0. The molecule has 146 valence electrons. The molecule has 1 aromatic rings. The number of amides is 3. The molecule has 7 heteroatoms. The van der Waals surface area contributed by atoms with Crippen molar-refractivity contribution < 1.29 is 19.5 Å². The first-order valence-electron chi connectivity index (χ1n) is 9.53. The molecule has 27 heavy (non-hydrogen) atoms. The molecule has 1 aromatic carbocycles. The van der Waals surface area contributed by atoms with Crippen molar-refractivity contribution in [2.24, 2.45) is 5.92 Å². The van der Waals surface area contributed by atoms with E-state index in [1.807, 2.05) is 0 Å². The fourth-order valence-corrected chi connectivity index (χ4v) is 3.82. The van der Waals surface area contributed by atoms with Gasteiger partial charge < -0.3 is 19.8 Å². The van der Waals surface area contributed by atoms with Gasteiger partial charge in [0.15, 0.2) is 0 Å². The van der Waals surface area contributed by atoms with Crippen LogP contribution in [-0.4, -0.2) is 69.4 Å². The second kappa shape index (κ2) is 7.58. The highest BCUT2D eigenvalue weighted by molar-refractivity contribution is 5.97. The summed E-state index contributed by atoms with van der Waals surface area (Å²) >= 11 is 0. The number of hydrogen-bond donors (Lipinski definition) is 1.